The number of hydrogen-bond acceptors (Lipinski definition) is 6. The van der Waals surface area contributed by atoms with Crippen LogP contribution in [-0.4, -0.2) is 29.1 Å². The predicted octanol–water partition coefficient (Wildman–Crippen LogP) is 13.9. The molecule has 0 spiro atoms. The minimum atomic E-state index is 0.532. The van der Waals surface area contributed by atoms with Gasteiger partial charge in [-0.15, -0.1) is 0 Å². The lowest BCUT2D eigenvalue weighted by Crippen LogP contribution is -2.12. The number of fused-ring (bicyclic) bond motifs is 6. The smallest absolute Gasteiger partial charge is 0.240 e. The molecule has 4 heterocycles. The molecular formula is C56H40N8. The fourth-order valence-electron chi connectivity index (χ4n) is 9.28. The van der Waals surface area contributed by atoms with E-state index in [1.807, 2.05) is 12.1 Å². The van der Waals surface area contributed by atoms with E-state index < -0.39 is 0 Å². The third-order valence-electron chi connectivity index (χ3n) is 12.1. The fraction of sp³-hybridized carbons (Fsp3) is 0.0357. The van der Waals surface area contributed by atoms with Crippen LogP contribution in [0.4, 0.5) is 34.1 Å². The lowest BCUT2D eigenvalue weighted by atomic mass is 10.0. The standard InChI is InChI=1S/C56H40N8/c1-5-17-40(18-6-1)61(41-19-7-2-8-20-41)44-29-31-52-48(37-44)46-25-13-15-27-50(46)63(52)55-58-54(39-33-35-57-36-34-39)59-56(60-55)64-51-28-16-14-26-47(51)49-38-45(30-32-53(49)64)62(42-21-9-3-10-22-42)43-23-11-4-12-24-43/h1-13,15-25,27-38H,14,26H2. The van der Waals surface area contributed by atoms with Gasteiger partial charge in [-0.05, 0) is 128 Å². The second-order valence-electron chi connectivity index (χ2n) is 15.9. The number of rotatable bonds is 9. The van der Waals surface area contributed by atoms with Gasteiger partial charge in [-0.25, -0.2) is 0 Å². The normalized spacial score (nSPS) is 12.2. The van der Waals surface area contributed by atoms with Crippen molar-refractivity contribution in [2.24, 2.45) is 0 Å². The molecule has 0 fully saturated rings. The summed E-state index contributed by atoms with van der Waals surface area (Å²) in [5, 5.41) is 3.37. The van der Waals surface area contributed by atoms with Gasteiger partial charge in [-0.2, -0.15) is 15.0 Å². The number of aryl methyl sites for hydroxylation is 1. The Morgan fingerprint density at radius 2 is 0.891 bits per heavy atom. The summed E-state index contributed by atoms with van der Waals surface area (Å²) in [5.74, 6) is 1.65. The van der Waals surface area contributed by atoms with Crippen molar-refractivity contribution in [3.63, 3.8) is 0 Å². The Morgan fingerprint density at radius 3 is 1.47 bits per heavy atom. The number of benzene rings is 7. The average Bonchev–Trinajstić information content (AvgIpc) is 3.88. The van der Waals surface area contributed by atoms with Gasteiger partial charge in [-0.3, -0.25) is 14.1 Å². The third-order valence-corrected chi connectivity index (χ3v) is 12.1. The molecule has 8 nitrogen and oxygen atoms in total. The van der Waals surface area contributed by atoms with E-state index in [0.717, 1.165) is 85.5 Å². The summed E-state index contributed by atoms with van der Waals surface area (Å²) < 4.78 is 4.41. The highest BCUT2D eigenvalue weighted by atomic mass is 15.3. The van der Waals surface area contributed by atoms with Crippen molar-refractivity contribution in [3.05, 3.63) is 224 Å². The van der Waals surface area contributed by atoms with Gasteiger partial charge in [0.25, 0.3) is 0 Å². The highest BCUT2D eigenvalue weighted by Crippen LogP contribution is 2.42. The first-order valence-electron chi connectivity index (χ1n) is 21.6. The molecule has 0 amide bonds. The van der Waals surface area contributed by atoms with E-state index in [-0.39, 0.29) is 0 Å². The lowest BCUT2D eigenvalue weighted by Gasteiger charge is -2.25. The van der Waals surface area contributed by atoms with Crippen LogP contribution in [0.25, 0.3) is 62.1 Å². The molecule has 0 unspecified atom stereocenters. The van der Waals surface area contributed by atoms with Gasteiger partial charge in [0.2, 0.25) is 11.9 Å². The Labute approximate surface area is 370 Å². The molecule has 8 heteroatoms. The Hall–Kier alpha value is -8.62. The van der Waals surface area contributed by atoms with Crippen LogP contribution < -0.4 is 9.80 Å². The molecule has 7 aromatic carbocycles. The predicted molar refractivity (Wildman–Crippen MR) is 261 cm³/mol. The Balaban J connectivity index is 1.07. The molecule has 64 heavy (non-hydrogen) atoms. The minimum Gasteiger partial charge on any atom is -0.310 e. The van der Waals surface area contributed by atoms with Gasteiger partial charge >= 0.3 is 0 Å². The summed E-state index contributed by atoms with van der Waals surface area (Å²) in [5.41, 5.74) is 12.7. The van der Waals surface area contributed by atoms with Crippen molar-refractivity contribution < 1.29 is 0 Å². The minimum absolute atomic E-state index is 0.532. The summed E-state index contributed by atoms with van der Waals surface area (Å²) in [7, 11) is 0. The van der Waals surface area contributed by atoms with Gasteiger partial charge < -0.3 is 9.80 Å². The van der Waals surface area contributed by atoms with Crippen molar-refractivity contribution in [1.29, 1.82) is 0 Å². The molecule has 0 atom stereocenters. The first kappa shape index (κ1) is 37.2. The van der Waals surface area contributed by atoms with E-state index in [0.29, 0.717) is 17.7 Å². The quantitative estimate of drug-likeness (QED) is 0.144. The Kier molecular flexibility index (Phi) is 9.11. The highest BCUT2D eigenvalue weighted by molar-refractivity contribution is 6.10. The van der Waals surface area contributed by atoms with Crippen molar-refractivity contribution in [2.45, 2.75) is 12.8 Å². The van der Waals surface area contributed by atoms with Gasteiger partial charge in [0, 0.05) is 68.2 Å². The maximum absolute atomic E-state index is 5.44. The molecule has 0 radical (unpaired) electrons. The van der Waals surface area contributed by atoms with Crippen LogP contribution in [0.2, 0.25) is 0 Å². The second kappa shape index (κ2) is 15.7. The molecular weight excluding hydrogens is 785 g/mol. The number of para-hydroxylation sites is 5. The zero-order valence-corrected chi connectivity index (χ0v) is 34.8. The second-order valence-corrected chi connectivity index (χ2v) is 15.9. The van der Waals surface area contributed by atoms with Crippen LogP contribution in [0.15, 0.2) is 213 Å². The van der Waals surface area contributed by atoms with Crippen LogP contribution in [0.1, 0.15) is 17.7 Å². The number of allylic oxidation sites excluding steroid dienone is 1. The fourth-order valence-corrected chi connectivity index (χ4v) is 9.28. The van der Waals surface area contributed by atoms with E-state index in [1.54, 1.807) is 12.4 Å². The molecule has 1 aliphatic carbocycles. The molecule has 12 rings (SSSR count). The average molecular weight is 825 g/mol. The summed E-state index contributed by atoms with van der Waals surface area (Å²) in [6.45, 7) is 0. The van der Waals surface area contributed by atoms with Crippen molar-refractivity contribution in [2.75, 3.05) is 9.80 Å². The maximum atomic E-state index is 5.44. The third kappa shape index (κ3) is 6.39. The number of aromatic nitrogens is 6. The Bertz CT molecular complexity index is 3410. The molecule has 304 valence electrons. The monoisotopic (exact) mass is 824 g/mol. The first-order chi connectivity index (χ1) is 31.8. The van der Waals surface area contributed by atoms with Crippen molar-refractivity contribution in [1.82, 2.24) is 29.1 Å². The largest absolute Gasteiger partial charge is 0.310 e. The van der Waals surface area contributed by atoms with Crippen LogP contribution in [-0.2, 0) is 6.42 Å². The van der Waals surface area contributed by atoms with E-state index in [1.165, 1.54) is 10.9 Å². The number of hydrogen-bond donors (Lipinski definition) is 0. The zero-order valence-electron chi connectivity index (χ0n) is 34.8. The van der Waals surface area contributed by atoms with E-state index in [2.05, 4.69) is 218 Å². The first-order valence-corrected chi connectivity index (χ1v) is 21.6. The summed E-state index contributed by atoms with van der Waals surface area (Å²) in [6, 6.07) is 68.0. The van der Waals surface area contributed by atoms with E-state index >= 15 is 0 Å². The molecule has 0 N–H and O–H groups in total. The molecule has 4 aromatic heterocycles. The van der Waals surface area contributed by atoms with Crippen molar-refractivity contribution >= 4 is 72.9 Å². The summed E-state index contributed by atoms with van der Waals surface area (Å²) in [6.07, 6.45) is 9.92. The molecule has 0 bridgehead atoms. The lowest BCUT2D eigenvalue weighted by molar-refractivity contribution is 0.866. The van der Waals surface area contributed by atoms with Crippen LogP contribution in [0.3, 0.4) is 0 Å². The zero-order chi connectivity index (χ0) is 42.4. The SMILES string of the molecule is C1=Cc2c(c3cc(N(c4ccccc4)c4ccccc4)ccc3n2-c2nc(-c3ccncc3)nc(-n3c4ccccc4c4cc(N(c5ccccc5)c5ccccc5)ccc43)n2)CC1. The van der Waals surface area contributed by atoms with Gasteiger partial charge in [0.05, 0.1) is 22.2 Å². The van der Waals surface area contributed by atoms with Gasteiger partial charge in [0.15, 0.2) is 5.82 Å². The number of nitrogens with zero attached hydrogens (tertiary/aromatic N) is 8. The Morgan fingerprint density at radius 1 is 0.406 bits per heavy atom. The summed E-state index contributed by atoms with van der Waals surface area (Å²) in [4.78, 5) is 24.9. The number of anilines is 6. The highest BCUT2D eigenvalue weighted by Gasteiger charge is 2.25. The van der Waals surface area contributed by atoms with Gasteiger partial charge in [0.1, 0.15) is 0 Å². The van der Waals surface area contributed by atoms with Crippen LogP contribution in [0.5, 0.6) is 0 Å². The van der Waals surface area contributed by atoms with Gasteiger partial charge in [-0.1, -0.05) is 97.1 Å². The van der Waals surface area contributed by atoms with Crippen molar-refractivity contribution in [3.8, 4) is 23.3 Å². The summed E-state index contributed by atoms with van der Waals surface area (Å²) >= 11 is 0. The van der Waals surface area contributed by atoms with E-state index in [4.69, 9.17) is 15.0 Å². The molecule has 0 saturated carbocycles. The van der Waals surface area contributed by atoms with Crippen LogP contribution >= 0.6 is 0 Å². The van der Waals surface area contributed by atoms with E-state index in [9.17, 15) is 0 Å². The molecule has 1 aliphatic rings. The molecule has 11 aromatic rings. The molecule has 0 aliphatic heterocycles. The topological polar surface area (TPSA) is 67.9 Å². The maximum Gasteiger partial charge on any atom is 0.240 e. The molecule has 0 saturated heterocycles. The van der Waals surface area contributed by atoms with Crippen LogP contribution in [0, 0.1) is 0 Å². The number of pyridine rings is 1.